The van der Waals surface area contributed by atoms with Crippen LogP contribution in [0.1, 0.15) is 17.5 Å². The number of para-hydroxylation sites is 1. The van der Waals surface area contributed by atoms with E-state index < -0.39 is 24.0 Å². The van der Waals surface area contributed by atoms with E-state index in [0.717, 1.165) is 30.3 Å². The van der Waals surface area contributed by atoms with Crippen LogP contribution >= 0.6 is 0 Å². The van der Waals surface area contributed by atoms with Crippen LogP contribution in [0.3, 0.4) is 0 Å². The summed E-state index contributed by atoms with van der Waals surface area (Å²) in [4.78, 5) is 19.6. The number of hydrogen-bond donors (Lipinski definition) is 6. The van der Waals surface area contributed by atoms with Crippen molar-refractivity contribution in [2.45, 2.75) is 12.6 Å². The first-order chi connectivity index (χ1) is 18.0. The van der Waals surface area contributed by atoms with Gasteiger partial charge in [0.2, 0.25) is 12.1 Å². The van der Waals surface area contributed by atoms with E-state index in [9.17, 15) is 4.79 Å². The fourth-order valence-corrected chi connectivity index (χ4v) is 4.12. The highest BCUT2D eigenvalue weighted by atomic mass is 16.5. The molecule has 0 aliphatic carbocycles. The fourth-order valence-electron chi connectivity index (χ4n) is 4.12. The van der Waals surface area contributed by atoms with E-state index in [1.807, 2.05) is 53.4 Å². The minimum Gasteiger partial charge on any atom is -0.407 e. The Hall–Kier alpha value is -4.51. The summed E-state index contributed by atoms with van der Waals surface area (Å²) >= 11 is 0. The molecule has 1 atom stereocenters. The molecule has 2 aliphatic heterocycles. The van der Waals surface area contributed by atoms with E-state index in [4.69, 9.17) is 25.7 Å². The van der Waals surface area contributed by atoms with Crippen molar-refractivity contribution >= 4 is 35.4 Å². The van der Waals surface area contributed by atoms with Crippen LogP contribution in [0, 0.1) is 16.2 Å². The molecule has 0 radical (unpaired) electrons. The third kappa shape index (κ3) is 6.01. The largest absolute Gasteiger partial charge is 0.407 e. The number of nitrogens with one attached hydrogen (secondary N) is 6. The van der Waals surface area contributed by atoms with E-state index in [-0.39, 0.29) is 5.57 Å². The molecule has 11 heteroatoms. The van der Waals surface area contributed by atoms with E-state index in [1.54, 1.807) is 13.2 Å². The molecule has 2 aromatic carbocycles. The van der Waals surface area contributed by atoms with Gasteiger partial charge in [-0.25, -0.2) is 4.99 Å². The molecule has 4 rings (SSSR count). The first-order valence-electron chi connectivity index (χ1n) is 11.9. The predicted molar refractivity (Wildman–Crippen MR) is 142 cm³/mol. The van der Waals surface area contributed by atoms with Crippen molar-refractivity contribution in [1.82, 2.24) is 15.5 Å². The quantitative estimate of drug-likeness (QED) is 0.251. The van der Waals surface area contributed by atoms with E-state index in [2.05, 4.69) is 20.9 Å². The minimum absolute atomic E-state index is 0.188. The number of amides is 1. The van der Waals surface area contributed by atoms with Crippen molar-refractivity contribution in [3.05, 3.63) is 77.1 Å². The standard InChI is InChI=1S/C26H30N8O3/c1-36-15-14-34-13-7-12-30-24(34)19(16-27)22(28)37-26(29)33-23-25(35)31-20-11-6-5-10-18(20)21(32-23)17-8-3-2-4-9-17/h2-6,8-11,16,23,27-28,30H,7,12-15H2,1H3,(H2,29,33)(H,31,35)/b24-19-,27-16?,28-22?/t23-/m1/s1. The lowest BCUT2D eigenvalue weighted by atomic mass is 10.0. The highest BCUT2D eigenvalue weighted by Crippen LogP contribution is 2.23. The molecule has 0 spiro atoms. The van der Waals surface area contributed by atoms with Crippen molar-refractivity contribution in [1.29, 1.82) is 16.2 Å². The van der Waals surface area contributed by atoms with Crippen molar-refractivity contribution in [2.75, 3.05) is 38.7 Å². The lowest BCUT2D eigenvalue weighted by Crippen LogP contribution is -2.45. The molecule has 2 aromatic rings. The van der Waals surface area contributed by atoms with Crippen molar-refractivity contribution in [3.8, 4) is 0 Å². The van der Waals surface area contributed by atoms with Gasteiger partial charge < -0.3 is 35.7 Å². The second kappa shape index (κ2) is 12.0. The molecule has 6 N–H and O–H groups in total. The molecule has 0 aromatic heterocycles. The molecule has 1 saturated heterocycles. The number of ether oxygens (including phenoxy) is 2. The maximum absolute atomic E-state index is 13.0. The third-order valence-corrected chi connectivity index (χ3v) is 5.89. The number of rotatable bonds is 7. The van der Waals surface area contributed by atoms with E-state index in [1.165, 1.54) is 0 Å². The van der Waals surface area contributed by atoms with Crippen LogP contribution in [-0.2, 0) is 14.3 Å². The number of nitrogens with zero attached hydrogens (tertiary/aromatic N) is 2. The zero-order chi connectivity index (χ0) is 26.2. The number of carbonyl (C=O) groups is 1. The number of hydrogen-bond acceptors (Lipinski definition) is 9. The molecule has 1 fully saturated rings. The smallest absolute Gasteiger partial charge is 0.290 e. The van der Waals surface area contributed by atoms with E-state index in [0.29, 0.717) is 36.9 Å². The van der Waals surface area contributed by atoms with Gasteiger partial charge in [0.05, 0.1) is 23.6 Å². The van der Waals surface area contributed by atoms with Crippen LogP contribution < -0.4 is 16.0 Å². The van der Waals surface area contributed by atoms with Crippen LogP contribution in [0.4, 0.5) is 5.69 Å². The molecule has 192 valence electrons. The number of carbonyl (C=O) groups excluding carboxylic acids is 1. The Morgan fingerprint density at radius 1 is 1.19 bits per heavy atom. The summed E-state index contributed by atoms with van der Waals surface area (Å²) < 4.78 is 10.6. The molecule has 37 heavy (non-hydrogen) atoms. The fraction of sp³-hybridized carbons (Fsp3) is 0.269. The molecule has 1 amide bonds. The van der Waals surface area contributed by atoms with Gasteiger partial charge in [0.1, 0.15) is 5.82 Å². The SMILES string of the molecule is COCCN1CCCN/C1=C(\C=N)C(=N)OC(=N)N[C@H]1N=C(c2ccccc2)c2ccccc2NC1=O. The normalized spacial score (nSPS) is 18.3. The second-order valence-electron chi connectivity index (χ2n) is 8.35. The number of fused-ring (bicyclic) bond motifs is 1. The second-order valence-corrected chi connectivity index (χ2v) is 8.35. The molecule has 0 bridgehead atoms. The van der Waals surface area contributed by atoms with Gasteiger partial charge in [0.15, 0.2) is 0 Å². The average molecular weight is 503 g/mol. The summed E-state index contributed by atoms with van der Waals surface area (Å²) in [5, 5.41) is 33.3. The lowest BCUT2D eigenvalue weighted by molar-refractivity contribution is -0.117. The highest BCUT2D eigenvalue weighted by Gasteiger charge is 2.28. The summed E-state index contributed by atoms with van der Waals surface area (Å²) in [6, 6.07) is 16.3. The van der Waals surface area contributed by atoms with Crippen molar-refractivity contribution in [2.24, 2.45) is 4.99 Å². The maximum atomic E-state index is 13.0. The van der Waals surface area contributed by atoms with E-state index >= 15 is 0 Å². The van der Waals surface area contributed by atoms with Gasteiger partial charge in [-0.15, -0.1) is 0 Å². The Bertz CT molecular complexity index is 1240. The zero-order valence-corrected chi connectivity index (χ0v) is 20.5. The zero-order valence-electron chi connectivity index (χ0n) is 20.5. The Morgan fingerprint density at radius 2 is 1.95 bits per heavy atom. The molecule has 2 heterocycles. The molecule has 0 unspecified atom stereocenters. The number of anilines is 1. The number of benzodiazepines with no additional fused rings is 1. The average Bonchev–Trinajstić information content (AvgIpc) is 3.05. The summed E-state index contributed by atoms with van der Waals surface area (Å²) in [7, 11) is 1.62. The topological polar surface area (TPSA) is 159 Å². The number of aliphatic imine (C=N–C) groups is 1. The summed E-state index contributed by atoms with van der Waals surface area (Å²) in [6.07, 6.45) is 0.749. The Balaban J connectivity index is 1.55. The van der Waals surface area contributed by atoms with Gasteiger partial charge in [-0.1, -0.05) is 48.5 Å². The van der Waals surface area contributed by atoms with Gasteiger partial charge in [-0.05, 0) is 12.5 Å². The van der Waals surface area contributed by atoms with Crippen LogP contribution in [0.5, 0.6) is 0 Å². The molecular weight excluding hydrogens is 472 g/mol. The Morgan fingerprint density at radius 3 is 2.70 bits per heavy atom. The first-order valence-corrected chi connectivity index (χ1v) is 11.9. The highest BCUT2D eigenvalue weighted by molar-refractivity contribution is 6.20. The van der Waals surface area contributed by atoms with Gasteiger partial charge in [0.25, 0.3) is 11.9 Å². The maximum Gasteiger partial charge on any atom is 0.290 e. The number of benzene rings is 2. The Kier molecular flexibility index (Phi) is 8.26. The number of methoxy groups -OCH3 is 1. The number of amidine groups is 1. The monoisotopic (exact) mass is 502 g/mol. The molecule has 2 aliphatic rings. The molecular formula is C26H30N8O3. The van der Waals surface area contributed by atoms with Crippen molar-refractivity contribution < 1.29 is 14.3 Å². The van der Waals surface area contributed by atoms with Crippen LogP contribution in [0.25, 0.3) is 0 Å². The molecule has 0 saturated carbocycles. The summed E-state index contributed by atoms with van der Waals surface area (Å²) in [5.41, 5.74) is 2.94. The summed E-state index contributed by atoms with van der Waals surface area (Å²) in [6.45, 7) is 2.51. The van der Waals surface area contributed by atoms with Gasteiger partial charge in [0, 0.05) is 44.1 Å². The minimum atomic E-state index is -1.18. The van der Waals surface area contributed by atoms with Gasteiger partial charge in [-0.2, -0.15) is 0 Å². The lowest BCUT2D eigenvalue weighted by Gasteiger charge is -2.33. The van der Waals surface area contributed by atoms with Crippen LogP contribution in [0.15, 0.2) is 71.0 Å². The first kappa shape index (κ1) is 25.6. The molecule has 11 nitrogen and oxygen atoms in total. The van der Waals surface area contributed by atoms with Gasteiger partial charge >= 0.3 is 0 Å². The predicted octanol–water partition coefficient (Wildman–Crippen LogP) is 2.12. The third-order valence-electron chi connectivity index (χ3n) is 5.89. The Labute approximate surface area is 215 Å². The van der Waals surface area contributed by atoms with Gasteiger partial charge in [-0.3, -0.25) is 15.6 Å². The summed E-state index contributed by atoms with van der Waals surface area (Å²) in [5.74, 6) is -0.296. The van der Waals surface area contributed by atoms with Crippen LogP contribution in [0.2, 0.25) is 0 Å². The van der Waals surface area contributed by atoms with Crippen molar-refractivity contribution in [3.63, 3.8) is 0 Å². The van der Waals surface area contributed by atoms with Crippen LogP contribution in [-0.4, -0.2) is 74.2 Å².